The fourth-order valence-corrected chi connectivity index (χ4v) is 2.22. The Bertz CT molecular complexity index is 215. The van der Waals surface area contributed by atoms with Crippen molar-refractivity contribution in [3.8, 4) is 0 Å². The van der Waals surface area contributed by atoms with E-state index in [4.69, 9.17) is 0 Å². The van der Waals surface area contributed by atoms with E-state index in [1.807, 2.05) is 14.1 Å². The predicted octanol–water partition coefficient (Wildman–Crippen LogP) is 0.559. The minimum atomic E-state index is 0.243. The zero-order valence-electron chi connectivity index (χ0n) is 8.49. The van der Waals surface area contributed by atoms with Gasteiger partial charge in [-0.25, -0.2) is 0 Å². The van der Waals surface area contributed by atoms with Crippen molar-refractivity contribution in [1.82, 2.24) is 9.80 Å². The summed E-state index contributed by atoms with van der Waals surface area (Å²) in [7, 11) is 3.66. The molecule has 0 radical (unpaired) electrons. The van der Waals surface area contributed by atoms with Gasteiger partial charge < -0.3 is 4.90 Å². The van der Waals surface area contributed by atoms with Crippen LogP contribution >= 0.6 is 0 Å². The fraction of sp³-hybridized carbons (Fsp3) is 0.900. The largest absolute Gasteiger partial charge is 0.348 e. The molecule has 0 N–H and O–H groups in total. The van der Waals surface area contributed by atoms with Gasteiger partial charge in [0, 0.05) is 20.1 Å². The number of piperidine rings is 1. The highest BCUT2D eigenvalue weighted by molar-refractivity contribution is 5.77. The van der Waals surface area contributed by atoms with Crippen molar-refractivity contribution in [2.75, 3.05) is 27.2 Å². The van der Waals surface area contributed by atoms with E-state index in [1.165, 1.54) is 19.3 Å². The van der Waals surface area contributed by atoms with Gasteiger partial charge in [-0.3, -0.25) is 9.69 Å². The third-order valence-corrected chi connectivity index (χ3v) is 3.21. The zero-order chi connectivity index (χ0) is 9.42. The maximum atomic E-state index is 11.5. The Morgan fingerprint density at radius 1 is 1.54 bits per heavy atom. The minimum absolute atomic E-state index is 0.243. The fourth-order valence-electron chi connectivity index (χ4n) is 2.22. The van der Waals surface area contributed by atoms with E-state index >= 15 is 0 Å². The first kappa shape index (κ1) is 9.00. The number of amides is 1. The van der Waals surface area contributed by atoms with Crippen LogP contribution in [0.4, 0.5) is 0 Å². The van der Waals surface area contributed by atoms with E-state index in [2.05, 4.69) is 4.90 Å². The predicted molar refractivity (Wildman–Crippen MR) is 51.4 cm³/mol. The molecule has 1 saturated heterocycles. The summed E-state index contributed by atoms with van der Waals surface area (Å²) in [5.41, 5.74) is 0. The molecular formula is C10H18N2O. The molecule has 2 atom stereocenters. The van der Waals surface area contributed by atoms with E-state index in [-0.39, 0.29) is 5.91 Å². The summed E-state index contributed by atoms with van der Waals surface area (Å²) < 4.78 is 0. The Balaban J connectivity index is 1.84. The van der Waals surface area contributed by atoms with Gasteiger partial charge in [-0.15, -0.1) is 0 Å². The van der Waals surface area contributed by atoms with Crippen LogP contribution in [-0.4, -0.2) is 48.9 Å². The molecule has 2 fully saturated rings. The molecule has 1 heterocycles. The van der Waals surface area contributed by atoms with Crippen molar-refractivity contribution < 1.29 is 4.79 Å². The highest BCUT2D eigenvalue weighted by Crippen LogP contribution is 2.42. The third kappa shape index (κ3) is 1.85. The lowest BCUT2D eigenvalue weighted by Crippen LogP contribution is -2.40. The highest BCUT2D eigenvalue weighted by Gasteiger charge is 2.44. The van der Waals surface area contributed by atoms with Crippen molar-refractivity contribution in [1.29, 1.82) is 0 Å². The highest BCUT2D eigenvalue weighted by atomic mass is 16.2. The number of rotatable bonds is 2. The molecule has 2 aliphatic rings. The molecule has 3 heteroatoms. The van der Waals surface area contributed by atoms with Crippen LogP contribution in [0, 0.1) is 5.92 Å². The Kier molecular flexibility index (Phi) is 2.28. The first-order valence-electron chi connectivity index (χ1n) is 5.12. The molecule has 2 unspecified atom stereocenters. The van der Waals surface area contributed by atoms with Crippen molar-refractivity contribution in [3.63, 3.8) is 0 Å². The van der Waals surface area contributed by atoms with Crippen molar-refractivity contribution in [3.05, 3.63) is 0 Å². The van der Waals surface area contributed by atoms with Gasteiger partial charge in [0.2, 0.25) is 5.91 Å². The summed E-state index contributed by atoms with van der Waals surface area (Å²) in [5, 5.41) is 0. The van der Waals surface area contributed by atoms with Crippen LogP contribution in [0.15, 0.2) is 0 Å². The number of hydrogen-bond acceptors (Lipinski definition) is 2. The summed E-state index contributed by atoms with van der Waals surface area (Å²) in [6.07, 6.45) is 4.00. The lowest BCUT2D eigenvalue weighted by atomic mass is 10.1. The second kappa shape index (κ2) is 3.29. The van der Waals surface area contributed by atoms with Crippen molar-refractivity contribution in [2.45, 2.75) is 25.3 Å². The van der Waals surface area contributed by atoms with Crippen LogP contribution in [0.3, 0.4) is 0 Å². The molecule has 0 aromatic heterocycles. The average molecular weight is 182 g/mol. The first-order valence-corrected chi connectivity index (χ1v) is 5.12. The van der Waals surface area contributed by atoms with Gasteiger partial charge in [0.1, 0.15) is 0 Å². The number of likely N-dealkylation sites (tertiary alicyclic amines) is 1. The minimum Gasteiger partial charge on any atom is -0.348 e. The molecule has 2 rings (SSSR count). The van der Waals surface area contributed by atoms with Crippen LogP contribution in [0.2, 0.25) is 0 Å². The lowest BCUT2D eigenvalue weighted by molar-refractivity contribution is -0.130. The SMILES string of the molecule is CN(C)C(=O)CN1CCCC2CC21. The van der Waals surface area contributed by atoms with Crippen LogP contribution in [0.5, 0.6) is 0 Å². The van der Waals surface area contributed by atoms with Crippen LogP contribution in [-0.2, 0) is 4.79 Å². The lowest BCUT2D eigenvalue weighted by Gasteiger charge is -2.26. The molecule has 1 aliphatic carbocycles. The number of likely N-dealkylation sites (N-methyl/N-ethyl adjacent to an activating group) is 1. The zero-order valence-corrected chi connectivity index (χ0v) is 8.49. The summed E-state index contributed by atoms with van der Waals surface area (Å²) in [6, 6.07) is 0.748. The molecule has 0 spiro atoms. The molecule has 3 nitrogen and oxygen atoms in total. The Morgan fingerprint density at radius 2 is 2.31 bits per heavy atom. The Morgan fingerprint density at radius 3 is 3.00 bits per heavy atom. The standard InChI is InChI=1S/C10H18N2O/c1-11(2)10(13)7-12-5-3-4-8-6-9(8)12/h8-9H,3-7H2,1-2H3. The van der Waals surface area contributed by atoms with Gasteiger partial charge in [0.05, 0.1) is 6.54 Å². The van der Waals surface area contributed by atoms with E-state index in [0.29, 0.717) is 6.54 Å². The van der Waals surface area contributed by atoms with Gasteiger partial charge in [0.25, 0.3) is 0 Å². The number of hydrogen-bond donors (Lipinski definition) is 0. The molecule has 0 aromatic carbocycles. The second-order valence-corrected chi connectivity index (χ2v) is 4.46. The van der Waals surface area contributed by atoms with E-state index < -0.39 is 0 Å². The van der Waals surface area contributed by atoms with Gasteiger partial charge in [-0.2, -0.15) is 0 Å². The van der Waals surface area contributed by atoms with Gasteiger partial charge >= 0.3 is 0 Å². The molecule has 1 amide bonds. The quantitative estimate of drug-likeness (QED) is 0.623. The summed E-state index contributed by atoms with van der Waals surface area (Å²) >= 11 is 0. The Hall–Kier alpha value is -0.570. The van der Waals surface area contributed by atoms with E-state index in [1.54, 1.807) is 4.90 Å². The number of fused-ring (bicyclic) bond motifs is 1. The topological polar surface area (TPSA) is 23.6 Å². The second-order valence-electron chi connectivity index (χ2n) is 4.46. The van der Waals surface area contributed by atoms with Crippen molar-refractivity contribution in [2.24, 2.45) is 5.92 Å². The Labute approximate surface area is 79.7 Å². The summed E-state index contributed by atoms with van der Waals surface area (Å²) in [6.45, 7) is 1.76. The van der Waals surface area contributed by atoms with E-state index in [9.17, 15) is 4.79 Å². The summed E-state index contributed by atoms with van der Waals surface area (Å²) in [4.78, 5) is 15.5. The van der Waals surface area contributed by atoms with Gasteiger partial charge in [-0.05, 0) is 31.7 Å². The third-order valence-electron chi connectivity index (χ3n) is 3.21. The van der Waals surface area contributed by atoms with Crippen LogP contribution in [0.1, 0.15) is 19.3 Å². The first-order chi connectivity index (χ1) is 6.18. The molecule has 1 aliphatic heterocycles. The average Bonchev–Trinajstić information content (AvgIpc) is 2.83. The number of carbonyl (C=O) groups excluding carboxylic acids is 1. The van der Waals surface area contributed by atoms with Gasteiger partial charge in [-0.1, -0.05) is 0 Å². The van der Waals surface area contributed by atoms with Crippen LogP contribution in [0.25, 0.3) is 0 Å². The smallest absolute Gasteiger partial charge is 0.236 e. The van der Waals surface area contributed by atoms with E-state index in [0.717, 1.165) is 18.5 Å². The number of carbonyl (C=O) groups is 1. The van der Waals surface area contributed by atoms with Crippen molar-refractivity contribution >= 4 is 5.91 Å². The normalized spacial score (nSPS) is 32.5. The molecule has 13 heavy (non-hydrogen) atoms. The molecule has 74 valence electrons. The number of nitrogens with zero attached hydrogens (tertiary/aromatic N) is 2. The van der Waals surface area contributed by atoms with Crippen LogP contribution < -0.4 is 0 Å². The maximum Gasteiger partial charge on any atom is 0.236 e. The monoisotopic (exact) mass is 182 g/mol. The molecule has 1 saturated carbocycles. The molecular weight excluding hydrogens is 164 g/mol. The van der Waals surface area contributed by atoms with Gasteiger partial charge in [0.15, 0.2) is 0 Å². The maximum absolute atomic E-state index is 11.5. The molecule has 0 aromatic rings. The summed E-state index contributed by atoms with van der Waals surface area (Å²) in [5.74, 6) is 1.16. The molecule has 0 bridgehead atoms.